The van der Waals surface area contributed by atoms with Gasteiger partial charge in [-0.15, -0.1) is 0 Å². The van der Waals surface area contributed by atoms with E-state index < -0.39 is 0 Å². The monoisotopic (exact) mass is 290 g/mol. The average molecular weight is 290 g/mol. The number of fused-ring (bicyclic) bond motifs is 1. The maximum absolute atomic E-state index is 11.8. The van der Waals surface area contributed by atoms with E-state index in [4.69, 9.17) is 5.11 Å². The minimum absolute atomic E-state index is 0.0181. The van der Waals surface area contributed by atoms with Gasteiger partial charge in [0.25, 0.3) is 0 Å². The zero-order valence-electron chi connectivity index (χ0n) is 12.6. The van der Waals surface area contributed by atoms with Crippen molar-refractivity contribution in [1.29, 1.82) is 0 Å². The zero-order valence-corrected chi connectivity index (χ0v) is 12.6. The number of para-hydroxylation sites is 1. The molecule has 0 radical (unpaired) electrons. The predicted octanol–water partition coefficient (Wildman–Crippen LogP) is 1.69. The van der Waals surface area contributed by atoms with Gasteiger partial charge in [0.2, 0.25) is 0 Å². The van der Waals surface area contributed by atoms with Crippen LogP contribution in [0, 0.1) is 12.8 Å². The summed E-state index contributed by atoms with van der Waals surface area (Å²) in [7, 11) is 0. The Hall–Kier alpha value is -2.08. The Kier molecular flexibility index (Phi) is 4.80. The second-order valence-corrected chi connectivity index (χ2v) is 5.43. The Morgan fingerprint density at radius 1 is 1.43 bits per heavy atom. The molecule has 2 rings (SSSR count). The number of benzene rings is 1. The van der Waals surface area contributed by atoms with Gasteiger partial charge < -0.3 is 20.7 Å². The second kappa shape index (κ2) is 6.58. The predicted molar refractivity (Wildman–Crippen MR) is 81.9 cm³/mol. The first-order valence-electron chi connectivity index (χ1n) is 7.10. The highest BCUT2D eigenvalue weighted by atomic mass is 16.3. The molecule has 114 valence electrons. The van der Waals surface area contributed by atoms with E-state index in [1.807, 2.05) is 39.0 Å². The van der Waals surface area contributed by atoms with Crippen LogP contribution in [0.1, 0.15) is 25.2 Å². The number of aliphatic hydroxyl groups is 1. The van der Waals surface area contributed by atoms with Crippen molar-refractivity contribution >= 4 is 17.1 Å². The number of aliphatic hydroxyl groups excluding tert-OH is 1. The molecule has 6 heteroatoms. The van der Waals surface area contributed by atoms with Crippen molar-refractivity contribution in [3.05, 3.63) is 29.6 Å². The lowest BCUT2D eigenvalue weighted by atomic mass is 10.1. The molecule has 1 aromatic heterocycles. The summed E-state index contributed by atoms with van der Waals surface area (Å²) < 4.78 is 0. The molecule has 21 heavy (non-hydrogen) atoms. The first-order valence-corrected chi connectivity index (χ1v) is 7.10. The summed E-state index contributed by atoms with van der Waals surface area (Å²) in [5, 5.41) is 14.6. The van der Waals surface area contributed by atoms with E-state index in [2.05, 4.69) is 20.6 Å². The van der Waals surface area contributed by atoms with Gasteiger partial charge in [0.05, 0.1) is 17.6 Å². The highest BCUT2D eigenvalue weighted by molar-refractivity contribution is 5.78. The number of imidazole rings is 1. The molecule has 0 spiro atoms. The maximum atomic E-state index is 11.8. The number of amides is 2. The third-order valence-corrected chi connectivity index (χ3v) is 3.68. The SMILES string of the molecule is Cc1cccc2[nH]c(CNC(=O)NC(C)C(C)CO)nc12. The van der Waals surface area contributed by atoms with Crippen LogP contribution in [0.15, 0.2) is 18.2 Å². The number of hydrogen-bond donors (Lipinski definition) is 4. The van der Waals surface area contributed by atoms with Gasteiger partial charge in [0.1, 0.15) is 5.82 Å². The van der Waals surface area contributed by atoms with Crippen LogP contribution in [0.2, 0.25) is 0 Å². The Bertz CT molecular complexity index is 623. The summed E-state index contributed by atoms with van der Waals surface area (Å²) in [4.78, 5) is 19.4. The number of nitrogens with one attached hydrogen (secondary N) is 3. The van der Waals surface area contributed by atoms with E-state index in [-0.39, 0.29) is 24.6 Å². The van der Waals surface area contributed by atoms with Crippen molar-refractivity contribution in [3.63, 3.8) is 0 Å². The topological polar surface area (TPSA) is 90.0 Å². The number of hydrogen-bond acceptors (Lipinski definition) is 3. The van der Waals surface area contributed by atoms with Crippen LogP contribution >= 0.6 is 0 Å². The molecule has 0 saturated carbocycles. The number of nitrogens with zero attached hydrogens (tertiary/aromatic N) is 1. The van der Waals surface area contributed by atoms with Crippen LogP contribution in [0.5, 0.6) is 0 Å². The fourth-order valence-corrected chi connectivity index (χ4v) is 2.03. The van der Waals surface area contributed by atoms with Gasteiger partial charge in [-0.2, -0.15) is 0 Å². The van der Waals surface area contributed by atoms with Crippen LogP contribution in [0.4, 0.5) is 4.79 Å². The van der Waals surface area contributed by atoms with Gasteiger partial charge in [-0.05, 0) is 31.4 Å². The largest absolute Gasteiger partial charge is 0.396 e. The number of rotatable bonds is 5. The first kappa shape index (κ1) is 15.3. The van der Waals surface area contributed by atoms with E-state index in [1.54, 1.807) is 0 Å². The van der Waals surface area contributed by atoms with Gasteiger partial charge >= 0.3 is 6.03 Å². The summed E-state index contributed by atoms with van der Waals surface area (Å²) in [6.07, 6.45) is 0. The van der Waals surface area contributed by atoms with Crippen LogP contribution in [-0.2, 0) is 6.54 Å². The van der Waals surface area contributed by atoms with Gasteiger partial charge in [0.15, 0.2) is 0 Å². The van der Waals surface area contributed by atoms with Crippen LogP contribution in [-0.4, -0.2) is 33.8 Å². The molecule has 0 aliphatic rings. The molecule has 0 saturated heterocycles. The second-order valence-electron chi connectivity index (χ2n) is 5.43. The lowest BCUT2D eigenvalue weighted by molar-refractivity contribution is 0.200. The summed E-state index contributed by atoms with van der Waals surface area (Å²) in [6.45, 7) is 6.13. The van der Waals surface area contributed by atoms with Gasteiger partial charge in [-0.3, -0.25) is 0 Å². The Labute approximate surface area is 124 Å². The minimum atomic E-state index is -0.264. The quantitative estimate of drug-likeness (QED) is 0.675. The first-order chi connectivity index (χ1) is 10.0. The molecule has 2 unspecified atom stereocenters. The number of H-pyrrole nitrogens is 1. The van der Waals surface area contributed by atoms with Crippen molar-refractivity contribution in [2.75, 3.05) is 6.61 Å². The fourth-order valence-electron chi connectivity index (χ4n) is 2.03. The molecule has 0 aliphatic carbocycles. The van der Waals surface area contributed by atoms with Crippen molar-refractivity contribution < 1.29 is 9.90 Å². The standard InChI is InChI=1S/C15H22N4O2/c1-9-5-4-6-12-14(9)19-13(18-12)7-16-15(21)17-11(3)10(2)8-20/h4-6,10-11,20H,7-8H2,1-3H3,(H,18,19)(H2,16,17,21). The van der Waals surface area contributed by atoms with Crippen molar-refractivity contribution in [1.82, 2.24) is 20.6 Å². The summed E-state index contributed by atoms with van der Waals surface area (Å²) >= 11 is 0. The third-order valence-electron chi connectivity index (χ3n) is 3.68. The molecule has 0 bridgehead atoms. The minimum Gasteiger partial charge on any atom is -0.396 e. The average Bonchev–Trinajstić information content (AvgIpc) is 2.88. The molecular weight excluding hydrogens is 268 g/mol. The third kappa shape index (κ3) is 3.72. The van der Waals surface area contributed by atoms with Crippen molar-refractivity contribution in [2.24, 2.45) is 5.92 Å². The number of aromatic amines is 1. The fraction of sp³-hybridized carbons (Fsp3) is 0.467. The number of aromatic nitrogens is 2. The number of aryl methyl sites for hydroxylation is 1. The van der Waals surface area contributed by atoms with Crippen molar-refractivity contribution in [3.8, 4) is 0 Å². The molecule has 1 aromatic carbocycles. The Morgan fingerprint density at radius 2 is 2.19 bits per heavy atom. The molecule has 1 heterocycles. The van der Waals surface area contributed by atoms with E-state index in [0.717, 1.165) is 22.4 Å². The maximum Gasteiger partial charge on any atom is 0.315 e. The lowest BCUT2D eigenvalue weighted by Gasteiger charge is -2.19. The van der Waals surface area contributed by atoms with Gasteiger partial charge in [-0.25, -0.2) is 9.78 Å². The van der Waals surface area contributed by atoms with Crippen LogP contribution in [0.3, 0.4) is 0 Å². The molecule has 0 fully saturated rings. The highest BCUT2D eigenvalue weighted by Gasteiger charge is 2.14. The smallest absolute Gasteiger partial charge is 0.315 e. The molecule has 2 atom stereocenters. The summed E-state index contributed by atoms with van der Waals surface area (Å²) in [5.74, 6) is 0.738. The zero-order chi connectivity index (χ0) is 15.4. The molecule has 2 amide bonds. The Morgan fingerprint density at radius 3 is 2.86 bits per heavy atom. The summed E-state index contributed by atoms with van der Waals surface area (Å²) in [5.41, 5.74) is 3.00. The van der Waals surface area contributed by atoms with Gasteiger partial charge in [-0.1, -0.05) is 19.1 Å². The summed E-state index contributed by atoms with van der Waals surface area (Å²) in [6, 6.07) is 5.58. The molecule has 0 aliphatic heterocycles. The van der Waals surface area contributed by atoms with Crippen molar-refractivity contribution in [2.45, 2.75) is 33.4 Å². The van der Waals surface area contributed by atoms with Crippen LogP contribution < -0.4 is 10.6 Å². The number of carbonyl (C=O) groups is 1. The van der Waals surface area contributed by atoms with E-state index >= 15 is 0 Å². The molecule has 2 aromatic rings. The van der Waals surface area contributed by atoms with Crippen LogP contribution in [0.25, 0.3) is 11.0 Å². The lowest BCUT2D eigenvalue weighted by Crippen LogP contribution is -2.44. The molecule has 6 nitrogen and oxygen atoms in total. The molecule has 4 N–H and O–H groups in total. The van der Waals surface area contributed by atoms with E-state index in [1.165, 1.54) is 0 Å². The van der Waals surface area contributed by atoms with E-state index in [0.29, 0.717) is 6.54 Å². The highest BCUT2D eigenvalue weighted by Crippen LogP contribution is 2.15. The molecular formula is C15H22N4O2. The number of urea groups is 1. The number of carbonyl (C=O) groups excluding carboxylic acids is 1. The van der Waals surface area contributed by atoms with E-state index in [9.17, 15) is 4.79 Å². The van der Waals surface area contributed by atoms with Gasteiger partial charge in [0, 0.05) is 12.6 Å². The Balaban J connectivity index is 1.92. The normalized spacial score (nSPS) is 13.9.